The van der Waals surface area contributed by atoms with E-state index in [-0.39, 0.29) is 30.3 Å². The van der Waals surface area contributed by atoms with Gasteiger partial charge in [-0.15, -0.1) is 0 Å². The lowest BCUT2D eigenvalue weighted by Crippen LogP contribution is -2.43. The van der Waals surface area contributed by atoms with Crippen LogP contribution in [0.1, 0.15) is 23.0 Å². The van der Waals surface area contributed by atoms with Crippen LogP contribution < -0.4 is 0 Å². The molecule has 0 aliphatic carbocycles. The number of rotatable bonds is 4. The first-order valence-corrected chi connectivity index (χ1v) is 9.80. The van der Waals surface area contributed by atoms with Gasteiger partial charge in [-0.2, -0.15) is 22.6 Å². The highest BCUT2D eigenvalue weighted by atomic mass is 32.2. The van der Waals surface area contributed by atoms with Crippen LogP contribution in [0.5, 0.6) is 0 Å². The van der Waals surface area contributed by atoms with Gasteiger partial charge in [-0.3, -0.25) is 4.68 Å². The predicted molar refractivity (Wildman–Crippen MR) is 91.6 cm³/mol. The molecular weight excluding hydrogens is 383 g/mol. The Morgan fingerprint density at radius 2 is 1.89 bits per heavy atom. The molecule has 10 heteroatoms. The minimum Gasteiger partial charge on any atom is -0.378 e. The van der Waals surface area contributed by atoms with E-state index in [2.05, 4.69) is 5.10 Å². The van der Waals surface area contributed by atoms with Crippen molar-refractivity contribution >= 4 is 10.0 Å². The van der Waals surface area contributed by atoms with Crippen molar-refractivity contribution in [3.05, 3.63) is 47.3 Å². The summed E-state index contributed by atoms with van der Waals surface area (Å²) >= 11 is 0. The summed E-state index contributed by atoms with van der Waals surface area (Å²) in [5.41, 5.74) is 1.10. The molecule has 2 aromatic rings. The number of hydrogen-bond acceptors (Lipinski definition) is 4. The fourth-order valence-electron chi connectivity index (χ4n) is 3.35. The number of hydrogen-bond donors (Lipinski definition) is 0. The highest BCUT2D eigenvalue weighted by Gasteiger charge is 2.38. The van der Waals surface area contributed by atoms with Gasteiger partial charge < -0.3 is 4.74 Å². The summed E-state index contributed by atoms with van der Waals surface area (Å²) in [5.74, 6) is 0. The van der Waals surface area contributed by atoms with Crippen LogP contribution in [0.25, 0.3) is 0 Å². The molecule has 27 heavy (non-hydrogen) atoms. The Morgan fingerprint density at radius 1 is 1.22 bits per heavy atom. The number of benzene rings is 1. The van der Waals surface area contributed by atoms with E-state index in [1.807, 2.05) is 0 Å². The largest absolute Gasteiger partial charge is 0.408 e. The molecule has 1 aliphatic heterocycles. The van der Waals surface area contributed by atoms with Gasteiger partial charge in [0.2, 0.25) is 10.0 Å². The van der Waals surface area contributed by atoms with E-state index in [9.17, 15) is 21.6 Å². The molecule has 0 unspecified atom stereocenters. The summed E-state index contributed by atoms with van der Waals surface area (Å²) in [7, 11) is -3.82. The summed E-state index contributed by atoms with van der Waals surface area (Å²) in [6, 6.07) is 7.22. The minimum absolute atomic E-state index is 0.0610. The Kier molecular flexibility index (Phi) is 5.33. The predicted octanol–water partition coefficient (Wildman–Crippen LogP) is 2.82. The van der Waals surface area contributed by atoms with Gasteiger partial charge in [0.15, 0.2) is 0 Å². The van der Waals surface area contributed by atoms with Crippen LogP contribution >= 0.6 is 0 Å². The monoisotopic (exact) mass is 403 g/mol. The summed E-state index contributed by atoms with van der Waals surface area (Å²) in [6.45, 7) is 2.27. The average molecular weight is 403 g/mol. The van der Waals surface area contributed by atoms with Gasteiger partial charge >= 0.3 is 6.18 Å². The molecule has 1 fully saturated rings. The van der Waals surface area contributed by atoms with Crippen LogP contribution in [0.3, 0.4) is 0 Å². The lowest BCUT2D eigenvalue weighted by atomic mass is 10.0. The third-order valence-electron chi connectivity index (χ3n) is 4.53. The maximum absolute atomic E-state index is 13.1. The van der Waals surface area contributed by atoms with E-state index < -0.39 is 28.8 Å². The Hall–Kier alpha value is -1.91. The van der Waals surface area contributed by atoms with Gasteiger partial charge in [-0.1, -0.05) is 18.2 Å². The zero-order valence-corrected chi connectivity index (χ0v) is 15.7. The highest BCUT2D eigenvalue weighted by molar-refractivity contribution is 7.89. The molecule has 2 heterocycles. The first-order chi connectivity index (χ1) is 12.6. The minimum atomic E-state index is -4.42. The van der Waals surface area contributed by atoms with E-state index in [0.717, 1.165) is 4.68 Å². The quantitative estimate of drug-likeness (QED) is 0.788. The molecule has 1 aromatic carbocycles. The second-order valence-corrected chi connectivity index (χ2v) is 8.27. The van der Waals surface area contributed by atoms with E-state index >= 15 is 0 Å². The van der Waals surface area contributed by atoms with E-state index in [4.69, 9.17) is 4.74 Å². The molecule has 1 atom stereocenters. The van der Waals surface area contributed by atoms with Crippen molar-refractivity contribution in [1.29, 1.82) is 0 Å². The zero-order valence-electron chi connectivity index (χ0n) is 14.9. The molecule has 1 aliphatic rings. The van der Waals surface area contributed by atoms with Crippen molar-refractivity contribution in [3.8, 4) is 0 Å². The third-order valence-corrected chi connectivity index (χ3v) is 6.45. The van der Waals surface area contributed by atoms with Crippen molar-refractivity contribution in [2.24, 2.45) is 0 Å². The molecule has 0 spiro atoms. The van der Waals surface area contributed by atoms with Crippen molar-refractivity contribution in [2.75, 3.05) is 19.8 Å². The van der Waals surface area contributed by atoms with Gasteiger partial charge in [0, 0.05) is 17.8 Å². The molecule has 1 aromatic heterocycles. The van der Waals surface area contributed by atoms with Crippen LogP contribution in [0.15, 0.2) is 35.2 Å². The van der Waals surface area contributed by atoms with Crippen molar-refractivity contribution in [2.45, 2.75) is 37.5 Å². The second kappa shape index (κ2) is 7.25. The van der Waals surface area contributed by atoms with Gasteiger partial charge in [-0.25, -0.2) is 8.42 Å². The fourth-order valence-corrected chi connectivity index (χ4v) is 4.94. The number of aryl methyl sites for hydroxylation is 1. The molecule has 148 valence electrons. The lowest BCUT2D eigenvalue weighted by Gasteiger charge is -2.35. The topological polar surface area (TPSA) is 64.4 Å². The van der Waals surface area contributed by atoms with Gasteiger partial charge in [-0.05, 0) is 26.0 Å². The van der Waals surface area contributed by atoms with Crippen molar-refractivity contribution < 1.29 is 26.3 Å². The number of morpholine rings is 1. The maximum Gasteiger partial charge on any atom is 0.408 e. The standard InChI is InChI=1S/C17H20F3N3O3S/c1-12-16(13(2)22(21-12)11-17(18,19)20)15-10-26-9-8-23(15)27(24,25)14-6-4-3-5-7-14/h3-7,15H,8-11H2,1-2H3/t15-/m1/s1. The maximum atomic E-state index is 13.1. The number of aromatic nitrogens is 2. The van der Waals surface area contributed by atoms with Gasteiger partial charge in [0.05, 0.1) is 29.8 Å². The van der Waals surface area contributed by atoms with E-state index in [1.165, 1.54) is 23.4 Å². The Labute approximate surface area is 155 Å². The third kappa shape index (κ3) is 4.02. The molecule has 0 bridgehead atoms. The van der Waals surface area contributed by atoms with Crippen LogP contribution in [0, 0.1) is 13.8 Å². The molecule has 1 saturated heterocycles. The molecule has 0 amide bonds. The molecule has 0 radical (unpaired) electrons. The Bertz CT molecular complexity index is 911. The van der Waals surface area contributed by atoms with Crippen molar-refractivity contribution in [3.63, 3.8) is 0 Å². The van der Waals surface area contributed by atoms with Crippen molar-refractivity contribution in [1.82, 2.24) is 14.1 Å². The number of halogens is 3. The summed E-state index contributed by atoms with van der Waals surface area (Å²) in [5, 5.41) is 3.98. The van der Waals surface area contributed by atoms with Gasteiger partial charge in [0.1, 0.15) is 6.54 Å². The fraction of sp³-hybridized carbons (Fsp3) is 0.471. The first-order valence-electron chi connectivity index (χ1n) is 8.36. The molecular formula is C17H20F3N3O3S. The van der Waals surface area contributed by atoms with Crippen LogP contribution in [0.2, 0.25) is 0 Å². The SMILES string of the molecule is Cc1nn(CC(F)(F)F)c(C)c1[C@H]1COCCN1S(=O)(=O)c1ccccc1. The molecule has 0 saturated carbocycles. The van der Waals surface area contributed by atoms with Gasteiger partial charge in [0.25, 0.3) is 0 Å². The lowest BCUT2D eigenvalue weighted by molar-refractivity contribution is -0.143. The highest BCUT2D eigenvalue weighted by Crippen LogP contribution is 2.34. The van der Waals surface area contributed by atoms with E-state index in [1.54, 1.807) is 25.1 Å². The van der Waals surface area contributed by atoms with Crippen LogP contribution in [-0.4, -0.2) is 48.4 Å². The summed E-state index contributed by atoms with van der Waals surface area (Å²) < 4.78 is 72.2. The smallest absolute Gasteiger partial charge is 0.378 e. The van der Waals surface area contributed by atoms with Crippen LogP contribution in [-0.2, 0) is 21.3 Å². The zero-order chi connectivity index (χ0) is 19.8. The number of ether oxygens (including phenoxy) is 1. The molecule has 6 nitrogen and oxygen atoms in total. The first kappa shape index (κ1) is 19.8. The average Bonchev–Trinajstić information content (AvgIpc) is 2.87. The van der Waals surface area contributed by atoms with Crippen LogP contribution in [0.4, 0.5) is 13.2 Å². The Morgan fingerprint density at radius 3 is 2.52 bits per heavy atom. The summed E-state index contributed by atoms with van der Waals surface area (Å²) in [4.78, 5) is 0.134. The van der Waals surface area contributed by atoms with E-state index in [0.29, 0.717) is 11.3 Å². The Balaban J connectivity index is 2.02. The normalized spacial score (nSPS) is 19.4. The number of alkyl halides is 3. The number of nitrogens with zero attached hydrogens (tertiary/aromatic N) is 3. The second-order valence-electron chi connectivity index (χ2n) is 6.38. The summed E-state index contributed by atoms with van der Waals surface area (Å²) in [6.07, 6.45) is -4.42. The molecule has 3 rings (SSSR count). The number of sulfonamides is 1. The molecule has 0 N–H and O–H groups in total.